The lowest BCUT2D eigenvalue weighted by molar-refractivity contribution is 0.589. The van der Waals surface area contributed by atoms with Crippen molar-refractivity contribution in [3.63, 3.8) is 0 Å². The van der Waals surface area contributed by atoms with Crippen LogP contribution in [0.2, 0.25) is 0 Å². The van der Waals surface area contributed by atoms with Crippen molar-refractivity contribution in [2.75, 3.05) is 0 Å². The van der Waals surface area contributed by atoms with Crippen molar-refractivity contribution in [3.8, 4) is 11.4 Å². The highest BCUT2D eigenvalue weighted by molar-refractivity contribution is 8.02. The Bertz CT molecular complexity index is 3160. The van der Waals surface area contributed by atoms with Crippen molar-refractivity contribution >= 4 is 107 Å². The van der Waals surface area contributed by atoms with Crippen LogP contribution in [0.1, 0.15) is 0 Å². The smallest absolute Gasteiger partial charge is 0.208 e. The van der Waals surface area contributed by atoms with Crippen molar-refractivity contribution in [2.45, 2.75) is 39.2 Å². The molecule has 6 nitrogen and oxygen atoms in total. The average Bonchev–Trinajstić information content (AvgIpc) is 3.18. The summed E-state index contributed by atoms with van der Waals surface area (Å²) in [4.78, 5) is 4.19. The minimum atomic E-state index is -3.66. The summed E-state index contributed by atoms with van der Waals surface area (Å²) in [5.41, 5.74) is 5.77. The van der Waals surface area contributed by atoms with Crippen molar-refractivity contribution in [2.24, 2.45) is 0 Å². The second-order valence-corrected chi connectivity index (χ2v) is 21.1. The summed E-state index contributed by atoms with van der Waals surface area (Å²) in [5.74, 6) is 0. The van der Waals surface area contributed by atoms with Gasteiger partial charge < -0.3 is 9.13 Å². The molecule has 0 bridgehead atoms. The molecule has 12 heteroatoms. The third-order valence-corrected chi connectivity index (χ3v) is 18.6. The Hall–Kier alpha value is -4.82. The second kappa shape index (κ2) is 11.8. The topological polar surface area (TPSA) is 78.1 Å². The van der Waals surface area contributed by atoms with Gasteiger partial charge in [0.25, 0.3) is 0 Å². The van der Waals surface area contributed by atoms with Gasteiger partial charge in [-0.15, -0.1) is 22.7 Å². The number of hydrogen-bond donors (Lipinski definition) is 0. The molecule has 9 aromatic rings. The molecule has 0 fully saturated rings. The maximum Gasteiger partial charge on any atom is 0.208 e. The van der Waals surface area contributed by atoms with Crippen LogP contribution in [0.3, 0.4) is 0 Å². The first-order chi connectivity index (χ1) is 26.3. The summed E-state index contributed by atoms with van der Waals surface area (Å²) < 4.78 is 63.5. The predicted octanol–water partition coefficient (Wildman–Crippen LogP) is 11.7. The van der Waals surface area contributed by atoms with Crippen molar-refractivity contribution < 1.29 is 16.8 Å². The van der Waals surface area contributed by atoms with Crippen LogP contribution in [0, 0.1) is 0 Å². The number of benzene rings is 7. The zero-order valence-electron chi connectivity index (χ0n) is 27.8. The molecule has 4 heterocycles. The van der Waals surface area contributed by atoms with Gasteiger partial charge in [0.2, 0.25) is 19.7 Å². The van der Waals surface area contributed by atoms with Gasteiger partial charge in [0, 0.05) is 31.0 Å². The highest BCUT2D eigenvalue weighted by atomic mass is 32.2. The molecule has 0 unspecified atom stereocenters. The van der Waals surface area contributed by atoms with Gasteiger partial charge in [-0.05, 0) is 97.1 Å². The molecular formula is C42H24N2O4S6. The van der Waals surface area contributed by atoms with Crippen LogP contribution in [0.15, 0.2) is 185 Å². The third-order valence-electron chi connectivity index (χ3n) is 9.84. The lowest BCUT2D eigenvalue weighted by Crippen LogP contribution is -2.10. The molecule has 0 N–H and O–H groups in total. The van der Waals surface area contributed by atoms with Gasteiger partial charge in [0.05, 0.1) is 60.4 Å². The Morgan fingerprint density at radius 1 is 0.352 bits per heavy atom. The van der Waals surface area contributed by atoms with Crippen LogP contribution in [0.25, 0.3) is 52.2 Å². The van der Waals surface area contributed by atoms with Gasteiger partial charge in [0.15, 0.2) is 0 Å². The molecule has 2 aliphatic rings. The summed E-state index contributed by atoms with van der Waals surface area (Å²) in [6.07, 6.45) is 0. The van der Waals surface area contributed by atoms with Crippen LogP contribution in [0.5, 0.6) is 0 Å². The fourth-order valence-electron chi connectivity index (χ4n) is 7.42. The normalized spacial score (nSPS) is 15.1. The Morgan fingerprint density at radius 3 is 1.20 bits per heavy atom. The van der Waals surface area contributed by atoms with E-state index in [4.69, 9.17) is 0 Å². The number of sulfone groups is 2. The second-order valence-electron chi connectivity index (χ2n) is 13.0. The first-order valence-electron chi connectivity index (χ1n) is 16.9. The number of fused-ring (bicyclic) bond motifs is 8. The Balaban J connectivity index is 1.17. The number of nitrogens with zero attached hydrogens (tertiary/aromatic N) is 2. The maximum absolute atomic E-state index is 13.7. The molecule has 0 radical (unpaired) electrons. The van der Waals surface area contributed by atoms with Crippen LogP contribution in [-0.4, -0.2) is 26.0 Å². The lowest BCUT2D eigenvalue weighted by Gasteiger charge is -2.23. The monoisotopic (exact) mass is 812 g/mol. The Kier molecular flexibility index (Phi) is 7.15. The van der Waals surface area contributed by atoms with Crippen molar-refractivity contribution in [3.05, 3.63) is 146 Å². The minimum Gasteiger partial charge on any atom is -0.308 e. The molecule has 2 aromatic heterocycles. The molecule has 262 valence electrons. The Labute approximate surface area is 326 Å². The largest absolute Gasteiger partial charge is 0.308 e. The first-order valence-corrected chi connectivity index (χ1v) is 23.1. The third kappa shape index (κ3) is 4.77. The molecule has 0 saturated carbocycles. The van der Waals surface area contributed by atoms with E-state index in [9.17, 15) is 16.8 Å². The molecule has 0 aliphatic carbocycles. The average molecular weight is 813 g/mol. The van der Waals surface area contributed by atoms with Crippen LogP contribution in [0.4, 0.5) is 0 Å². The molecule has 54 heavy (non-hydrogen) atoms. The van der Waals surface area contributed by atoms with E-state index in [0.717, 1.165) is 62.0 Å². The molecule has 0 saturated heterocycles. The number of hydrogen-bond acceptors (Lipinski definition) is 8. The summed E-state index contributed by atoms with van der Waals surface area (Å²) in [6.45, 7) is 0. The standard InChI is InChI=1S/C42H24N2O4S6/c45-53(46)39-15-7-5-13-33(39)51-37-21-25(17-19-41(37)53)43-27-9-1-3-11-31(27)49-35-24-30-36(23-29(35)43)50-32-12-4-2-10-28(32)44(30)26-18-20-42-38(22-26)52-34-14-6-8-16-40(34)54(42,47)48/h1-24H. The summed E-state index contributed by atoms with van der Waals surface area (Å²) in [5, 5.41) is 0. The fraction of sp³-hybridized carbons (Fsp3) is 0. The van der Waals surface area contributed by atoms with E-state index >= 15 is 0 Å². The molecule has 11 rings (SSSR count). The number of aromatic nitrogens is 2. The summed E-state index contributed by atoms with van der Waals surface area (Å²) in [7, 11) is -7.31. The van der Waals surface area contributed by atoms with Gasteiger partial charge in [-0.2, -0.15) is 0 Å². The van der Waals surface area contributed by atoms with Gasteiger partial charge in [-0.25, -0.2) is 16.8 Å². The quantitative estimate of drug-likeness (QED) is 0.162. The highest BCUT2D eigenvalue weighted by Gasteiger charge is 2.32. The van der Waals surface area contributed by atoms with Gasteiger partial charge in [0.1, 0.15) is 0 Å². The number of rotatable bonds is 2. The first kappa shape index (κ1) is 32.6. The predicted molar refractivity (Wildman–Crippen MR) is 221 cm³/mol. The molecule has 0 atom stereocenters. The highest BCUT2D eigenvalue weighted by Crippen LogP contribution is 2.48. The lowest BCUT2D eigenvalue weighted by atomic mass is 10.2. The molecule has 0 spiro atoms. The Morgan fingerprint density at radius 2 is 0.741 bits per heavy atom. The minimum absolute atomic E-state index is 0.322. The molecule has 2 aliphatic heterocycles. The van der Waals surface area contributed by atoms with E-state index in [1.807, 2.05) is 72.8 Å². The molecule has 0 amide bonds. The van der Waals surface area contributed by atoms with Gasteiger partial charge >= 0.3 is 0 Å². The van der Waals surface area contributed by atoms with Crippen LogP contribution in [-0.2, 0) is 19.7 Å². The zero-order valence-corrected chi connectivity index (χ0v) is 32.7. The fourth-order valence-corrected chi connectivity index (χ4v) is 16.0. The SMILES string of the molecule is O=S1(=O)c2ccccc2Sc2cc(-n3c4ccccc4sc4cc5c(cc43)sc3ccccc3n5-c3ccc4c(c3)Sc3ccccc3S4(=O)=O)ccc21. The van der Waals surface area contributed by atoms with Crippen molar-refractivity contribution in [1.82, 2.24) is 9.13 Å². The molecular weight excluding hydrogens is 789 g/mol. The summed E-state index contributed by atoms with van der Waals surface area (Å²) in [6, 6.07) is 46.7. The molecule has 7 aromatic carbocycles. The maximum atomic E-state index is 13.7. The van der Waals surface area contributed by atoms with E-state index < -0.39 is 19.7 Å². The summed E-state index contributed by atoms with van der Waals surface area (Å²) >= 11 is 6.38. The van der Waals surface area contributed by atoms with Crippen LogP contribution >= 0.6 is 46.2 Å². The van der Waals surface area contributed by atoms with E-state index in [2.05, 4.69) is 45.5 Å². The van der Waals surface area contributed by atoms with Crippen molar-refractivity contribution in [1.29, 1.82) is 0 Å². The van der Waals surface area contributed by atoms with E-state index in [-0.39, 0.29) is 0 Å². The van der Waals surface area contributed by atoms with E-state index in [1.54, 1.807) is 59.1 Å². The van der Waals surface area contributed by atoms with Gasteiger partial charge in [-0.1, -0.05) is 72.1 Å². The van der Waals surface area contributed by atoms with Crippen LogP contribution < -0.4 is 0 Å². The zero-order chi connectivity index (χ0) is 36.3. The van der Waals surface area contributed by atoms with E-state index in [1.165, 1.54) is 23.5 Å². The van der Waals surface area contributed by atoms with Gasteiger partial charge in [-0.3, -0.25) is 0 Å². The number of para-hydroxylation sites is 2. The van der Waals surface area contributed by atoms with E-state index in [0.29, 0.717) is 29.4 Å².